The number of alkyl carbamates (subject to hydrolysis) is 1. The third kappa shape index (κ3) is 4.23. The van der Waals surface area contributed by atoms with Gasteiger partial charge in [-0.1, -0.05) is 24.3 Å². The number of nitrogens with one attached hydrogen (secondary N) is 1. The van der Waals surface area contributed by atoms with Crippen LogP contribution in [0.4, 0.5) is 4.79 Å². The van der Waals surface area contributed by atoms with Gasteiger partial charge in [-0.15, -0.1) is 0 Å². The summed E-state index contributed by atoms with van der Waals surface area (Å²) in [6, 6.07) is 8.46. The minimum Gasteiger partial charge on any atom is -0.445 e. The number of ether oxygens (including phenoxy) is 1. The third-order valence-corrected chi connectivity index (χ3v) is 3.21. The minimum atomic E-state index is -0.346. The summed E-state index contributed by atoms with van der Waals surface area (Å²) >= 11 is 0. The number of hydrogen-bond donors (Lipinski definition) is 1. The lowest BCUT2D eigenvalue weighted by atomic mass is 10.1. The second-order valence-electron chi connectivity index (χ2n) is 6.53. The summed E-state index contributed by atoms with van der Waals surface area (Å²) in [7, 11) is 0. The van der Waals surface area contributed by atoms with Crippen molar-refractivity contribution in [2.45, 2.75) is 52.4 Å². The summed E-state index contributed by atoms with van der Waals surface area (Å²) in [6.45, 7) is 10.4. The van der Waals surface area contributed by atoms with Gasteiger partial charge in [-0.2, -0.15) is 0 Å². The molecular weight excluding hydrogens is 252 g/mol. The van der Waals surface area contributed by atoms with Gasteiger partial charge in [-0.05, 0) is 38.8 Å². The molecule has 1 heterocycles. The maximum Gasteiger partial charge on any atom is 0.407 e. The molecule has 0 fully saturated rings. The number of carbonyl (C=O) groups excluding carboxylic acids is 1. The van der Waals surface area contributed by atoms with E-state index in [1.165, 1.54) is 11.1 Å². The van der Waals surface area contributed by atoms with Crippen LogP contribution in [0.15, 0.2) is 24.3 Å². The molecule has 0 saturated heterocycles. The largest absolute Gasteiger partial charge is 0.445 e. The number of rotatable bonds is 3. The molecule has 0 aromatic heterocycles. The molecular formula is C16H24N2O2. The zero-order valence-corrected chi connectivity index (χ0v) is 12.8. The SMILES string of the molecule is C[C@H](CN1Cc2ccccc2C1)OC(=O)NC(C)(C)C. The number of benzene rings is 1. The maximum atomic E-state index is 11.7. The van der Waals surface area contributed by atoms with Gasteiger partial charge in [0.15, 0.2) is 0 Å². The van der Waals surface area contributed by atoms with E-state index >= 15 is 0 Å². The van der Waals surface area contributed by atoms with Gasteiger partial charge in [0.05, 0.1) is 0 Å². The van der Waals surface area contributed by atoms with Crippen molar-refractivity contribution in [3.05, 3.63) is 35.4 Å². The molecule has 20 heavy (non-hydrogen) atoms. The summed E-state index contributed by atoms with van der Waals surface area (Å²) < 4.78 is 5.40. The van der Waals surface area contributed by atoms with Crippen LogP contribution in [0.25, 0.3) is 0 Å². The predicted molar refractivity (Wildman–Crippen MR) is 79.4 cm³/mol. The molecule has 1 aliphatic rings. The second kappa shape index (κ2) is 5.83. The van der Waals surface area contributed by atoms with Crippen molar-refractivity contribution < 1.29 is 9.53 Å². The molecule has 0 bridgehead atoms. The van der Waals surface area contributed by atoms with E-state index in [-0.39, 0.29) is 17.7 Å². The molecule has 1 aromatic rings. The summed E-state index contributed by atoms with van der Waals surface area (Å²) in [6.07, 6.45) is -0.464. The van der Waals surface area contributed by atoms with Crippen LogP contribution in [0, 0.1) is 0 Å². The van der Waals surface area contributed by atoms with E-state index in [4.69, 9.17) is 4.74 Å². The van der Waals surface area contributed by atoms with Crippen LogP contribution in [-0.2, 0) is 17.8 Å². The fourth-order valence-electron chi connectivity index (χ4n) is 2.45. The van der Waals surface area contributed by atoms with E-state index in [1.807, 2.05) is 27.7 Å². The van der Waals surface area contributed by atoms with E-state index in [2.05, 4.69) is 34.5 Å². The monoisotopic (exact) mass is 276 g/mol. The first kappa shape index (κ1) is 14.9. The molecule has 4 heteroatoms. The van der Waals surface area contributed by atoms with Crippen molar-refractivity contribution in [2.24, 2.45) is 0 Å². The van der Waals surface area contributed by atoms with Crippen molar-refractivity contribution in [2.75, 3.05) is 6.54 Å². The van der Waals surface area contributed by atoms with Crippen LogP contribution >= 0.6 is 0 Å². The summed E-state index contributed by atoms with van der Waals surface area (Å²) in [5.41, 5.74) is 2.48. The molecule has 0 unspecified atom stereocenters. The molecule has 0 saturated carbocycles. The predicted octanol–water partition coefficient (Wildman–Crippen LogP) is 2.92. The Balaban J connectivity index is 1.79. The van der Waals surface area contributed by atoms with Crippen molar-refractivity contribution >= 4 is 6.09 Å². The highest BCUT2D eigenvalue weighted by Crippen LogP contribution is 2.22. The third-order valence-electron chi connectivity index (χ3n) is 3.21. The minimum absolute atomic E-state index is 0.119. The number of amides is 1. The summed E-state index contributed by atoms with van der Waals surface area (Å²) in [4.78, 5) is 14.0. The van der Waals surface area contributed by atoms with Gasteiger partial charge in [-0.25, -0.2) is 4.79 Å². The lowest BCUT2D eigenvalue weighted by molar-refractivity contribution is 0.0741. The van der Waals surface area contributed by atoms with Gasteiger partial charge in [0, 0.05) is 25.2 Å². The van der Waals surface area contributed by atoms with E-state index in [0.717, 1.165) is 19.6 Å². The van der Waals surface area contributed by atoms with Crippen LogP contribution in [0.3, 0.4) is 0 Å². The average Bonchev–Trinajstić information content (AvgIpc) is 2.67. The van der Waals surface area contributed by atoms with Gasteiger partial charge in [0.25, 0.3) is 0 Å². The fourth-order valence-corrected chi connectivity index (χ4v) is 2.45. The molecule has 0 spiro atoms. The zero-order valence-electron chi connectivity index (χ0n) is 12.8. The normalized spacial score (nSPS) is 16.6. The van der Waals surface area contributed by atoms with Crippen LogP contribution in [0.5, 0.6) is 0 Å². The van der Waals surface area contributed by atoms with Gasteiger partial charge in [0.1, 0.15) is 6.10 Å². The highest BCUT2D eigenvalue weighted by atomic mass is 16.6. The fraction of sp³-hybridized carbons (Fsp3) is 0.562. The summed E-state index contributed by atoms with van der Waals surface area (Å²) in [5.74, 6) is 0. The molecule has 0 aliphatic carbocycles. The Morgan fingerprint density at radius 1 is 1.30 bits per heavy atom. The van der Waals surface area contributed by atoms with E-state index < -0.39 is 0 Å². The van der Waals surface area contributed by atoms with E-state index in [1.54, 1.807) is 0 Å². The van der Waals surface area contributed by atoms with Crippen LogP contribution < -0.4 is 5.32 Å². The molecule has 1 N–H and O–H groups in total. The van der Waals surface area contributed by atoms with Crippen molar-refractivity contribution in [1.29, 1.82) is 0 Å². The lowest BCUT2D eigenvalue weighted by Crippen LogP contribution is -2.43. The van der Waals surface area contributed by atoms with Gasteiger partial charge in [-0.3, -0.25) is 4.90 Å². The Hall–Kier alpha value is -1.55. The Kier molecular flexibility index (Phi) is 4.33. The quantitative estimate of drug-likeness (QED) is 0.923. The zero-order chi connectivity index (χ0) is 14.8. The van der Waals surface area contributed by atoms with Crippen LogP contribution in [-0.4, -0.2) is 29.2 Å². The number of hydrogen-bond acceptors (Lipinski definition) is 3. The standard InChI is InChI=1S/C16H24N2O2/c1-12(20-15(19)17-16(2,3)4)9-18-10-13-7-5-6-8-14(13)11-18/h5-8,12H,9-11H2,1-4H3,(H,17,19)/t12-/m1/s1. The first-order valence-electron chi connectivity index (χ1n) is 7.11. The van der Waals surface area contributed by atoms with Gasteiger partial charge in [0.2, 0.25) is 0 Å². The smallest absolute Gasteiger partial charge is 0.407 e. The first-order valence-corrected chi connectivity index (χ1v) is 7.11. The molecule has 110 valence electrons. The highest BCUT2D eigenvalue weighted by Gasteiger charge is 2.22. The Bertz CT molecular complexity index is 455. The Morgan fingerprint density at radius 2 is 1.85 bits per heavy atom. The molecule has 1 aromatic carbocycles. The van der Waals surface area contributed by atoms with Crippen molar-refractivity contribution in [3.63, 3.8) is 0 Å². The number of fused-ring (bicyclic) bond motifs is 1. The Labute approximate surface area is 121 Å². The second-order valence-corrected chi connectivity index (χ2v) is 6.53. The maximum absolute atomic E-state index is 11.7. The van der Waals surface area contributed by atoms with Crippen LogP contribution in [0.2, 0.25) is 0 Å². The molecule has 1 amide bonds. The van der Waals surface area contributed by atoms with Crippen molar-refractivity contribution in [1.82, 2.24) is 10.2 Å². The van der Waals surface area contributed by atoms with E-state index in [9.17, 15) is 4.79 Å². The molecule has 1 aliphatic heterocycles. The van der Waals surface area contributed by atoms with Crippen LogP contribution in [0.1, 0.15) is 38.8 Å². The van der Waals surface area contributed by atoms with Gasteiger partial charge < -0.3 is 10.1 Å². The topological polar surface area (TPSA) is 41.6 Å². The average molecular weight is 276 g/mol. The number of nitrogens with zero attached hydrogens (tertiary/aromatic N) is 1. The van der Waals surface area contributed by atoms with Gasteiger partial charge >= 0.3 is 6.09 Å². The molecule has 0 radical (unpaired) electrons. The Morgan fingerprint density at radius 3 is 2.35 bits per heavy atom. The first-order chi connectivity index (χ1) is 9.33. The molecule has 4 nitrogen and oxygen atoms in total. The molecule has 2 rings (SSSR count). The molecule has 1 atom stereocenters. The highest BCUT2D eigenvalue weighted by molar-refractivity contribution is 5.68. The lowest BCUT2D eigenvalue weighted by Gasteiger charge is -2.24. The summed E-state index contributed by atoms with van der Waals surface area (Å²) in [5, 5.41) is 2.81. The van der Waals surface area contributed by atoms with Crippen molar-refractivity contribution in [3.8, 4) is 0 Å². The van der Waals surface area contributed by atoms with E-state index in [0.29, 0.717) is 0 Å². The number of carbonyl (C=O) groups is 1.